The molecule has 0 aromatic heterocycles. The molecule has 0 saturated carbocycles. The Morgan fingerprint density at radius 2 is 1.25 bits per heavy atom. The van der Waals surface area contributed by atoms with Crippen molar-refractivity contribution in [1.82, 2.24) is 0 Å². The molecule has 0 aromatic rings. The molecule has 25 valence electrons. The van der Waals surface area contributed by atoms with Crippen LogP contribution in [0.3, 0.4) is 0 Å². The molecule has 0 unspecified atom stereocenters. The van der Waals surface area contributed by atoms with Crippen molar-refractivity contribution in [2.75, 3.05) is 0 Å². The van der Waals surface area contributed by atoms with E-state index in [1.54, 1.807) is 0 Å². The van der Waals surface area contributed by atoms with E-state index >= 15 is 0 Å². The van der Waals surface area contributed by atoms with E-state index in [9.17, 15) is 0 Å². The van der Waals surface area contributed by atoms with Crippen LogP contribution in [0.15, 0.2) is 0 Å². The quantitative estimate of drug-likeness (QED) is 0.518. The molecule has 0 fully saturated rings. The van der Waals surface area contributed by atoms with E-state index < -0.39 is 0 Å². The maximum atomic E-state index is 8.25. The van der Waals surface area contributed by atoms with Gasteiger partial charge in [0.15, 0.2) is 0 Å². The van der Waals surface area contributed by atoms with Crippen LogP contribution in [0.2, 0.25) is 0 Å². The number of hydrogen-bond donors (Lipinski definition) is 0. The average Bonchev–Trinajstić information content (AvgIpc) is 1.00. The molecule has 0 aromatic carbocycles. The fraction of sp³-hybridized carbons (Fsp3) is 0. The molecule has 0 aliphatic carbocycles. The first-order valence-corrected chi connectivity index (χ1v) is 0.842. The van der Waals surface area contributed by atoms with E-state index in [0.29, 0.717) is 0 Å². The summed E-state index contributed by atoms with van der Waals surface area (Å²) >= 11 is 0.750. The fourth-order valence-corrected chi connectivity index (χ4v) is 0. The summed E-state index contributed by atoms with van der Waals surface area (Å²) in [5, 5.41) is 0. The molecular formula is CoMoOTi. The van der Waals surface area contributed by atoms with Gasteiger partial charge >= 0.3 is 23.7 Å². The summed E-state index contributed by atoms with van der Waals surface area (Å²) < 4.78 is 8.25. The van der Waals surface area contributed by atoms with Crippen molar-refractivity contribution in [3.63, 3.8) is 0 Å². The molecule has 1 radical (unpaired) electrons. The fourth-order valence-electron chi connectivity index (χ4n) is 0. The Morgan fingerprint density at radius 1 is 1.25 bits per heavy atom. The van der Waals surface area contributed by atoms with Crippen molar-refractivity contribution in [1.29, 1.82) is 0 Å². The predicted molar refractivity (Wildman–Crippen MR) is 0.686 cm³/mol. The zero-order chi connectivity index (χ0) is 2.00. The van der Waals surface area contributed by atoms with Gasteiger partial charge < -0.3 is 0 Å². The molecule has 0 aliphatic rings. The molecule has 0 amide bonds. The molecule has 0 saturated heterocycles. The average molecular weight is 219 g/mol. The topological polar surface area (TPSA) is 17.1 Å². The van der Waals surface area contributed by atoms with Gasteiger partial charge in [0.25, 0.3) is 0 Å². The third-order valence-corrected chi connectivity index (χ3v) is 0. The summed E-state index contributed by atoms with van der Waals surface area (Å²) in [6.45, 7) is 0. The normalized spacial score (nSPS) is 0.750. The second-order valence-corrected chi connectivity index (χ2v) is 0. The van der Waals surface area contributed by atoms with Crippen molar-refractivity contribution >= 4 is 0 Å². The van der Waals surface area contributed by atoms with E-state index in [4.69, 9.17) is 3.32 Å². The van der Waals surface area contributed by atoms with Gasteiger partial charge in [0.1, 0.15) is 0 Å². The molecule has 1 nitrogen and oxygen atoms in total. The third-order valence-electron chi connectivity index (χ3n) is 0. The van der Waals surface area contributed by atoms with Gasteiger partial charge in [0, 0.05) is 37.8 Å². The van der Waals surface area contributed by atoms with Crippen LogP contribution in [0, 0.1) is 0 Å². The summed E-state index contributed by atoms with van der Waals surface area (Å²) in [4.78, 5) is 0. The number of hydrogen-bond acceptors (Lipinski definition) is 1. The van der Waals surface area contributed by atoms with Crippen LogP contribution in [0.25, 0.3) is 0 Å². The Bertz CT molecular complexity index is 8.00. The zero-order valence-corrected chi connectivity index (χ0v) is 6.26. The molecule has 0 bridgehead atoms. The molecule has 4 heteroatoms. The monoisotopic (exact) mass is 221 g/mol. The second kappa shape index (κ2) is 22.2. The van der Waals surface area contributed by atoms with Crippen molar-refractivity contribution in [3.05, 3.63) is 0 Å². The van der Waals surface area contributed by atoms with Crippen LogP contribution in [0.1, 0.15) is 0 Å². The van der Waals surface area contributed by atoms with Gasteiger partial charge in [-0.2, -0.15) is 0 Å². The van der Waals surface area contributed by atoms with Crippen LogP contribution in [0.5, 0.6) is 0 Å². The summed E-state index contributed by atoms with van der Waals surface area (Å²) in [7, 11) is 0. The van der Waals surface area contributed by atoms with E-state index in [1.165, 1.54) is 0 Å². The first-order valence-electron chi connectivity index (χ1n) is 0.204. The molecule has 4 heavy (non-hydrogen) atoms. The van der Waals surface area contributed by atoms with E-state index in [1.807, 2.05) is 0 Å². The van der Waals surface area contributed by atoms with Crippen molar-refractivity contribution in [2.24, 2.45) is 0 Å². The molecule has 0 spiro atoms. The van der Waals surface area contributed by atoms with E-state index in [2.05, 4.69) is 0 Å². The van der Waals surface area contributed by atoms with Crippen LogP contribution >= 0.6 is 0 Å². The summed E-state index contributed by atoms with van der Waals surface area (Å²) in [5.74, 6) is 0. The standard InChI is InChI=1S/Co.Mo.O.Ti. The van der Waals surface area contributed by atoms with Crippen molar-refractivity contribution in [3.8, 4) is 0 Å². The molecule has 0 atom stereocenters. The Balaban J connectivity index is -0.00000000500. The van der Waals surface area contributed by atoms with Gasteiger partial charge in [-0.25, -0.2) is 0 Å². The Morgan fingerprint density at radius 3 is 1.25 bits per heavy atom. The minimum absolute atomic E-state index is 0. The van der Waals surface area contributed by atoms with Crippen LogP contribution in [-0.4, -0.2) is 0 Å². The molecule has 0 heterocycles. The summed E-state index contributed by atoms with van der Waals surface area (Å²) in [6.07, 6.45) is 0. The summed E-state index contributed by atoms with van der Waals surface area (Å²) in [6, 6.07) is 0. The molecule has 0 rings (SSSR count). The maximum absolute atomic E-state index is 8.25. The van der Waals surface area contributed by atoms with Crippen LogP contribution < -0.4 is 0 Å². The second-order valence-electron chi connectivity index (χ2n) is 0. The van der Waals surface area contributed by atoms with Gasteiger partial charge in [-0.3, -0.25) is 0 Å². The van der Waals surface area contributed by atoms with Gasteiger partial charge in [-0.15, -0.1) is 0 Å². The summed E-state index contributed by atoms with van der Waals surface area (Å²) in [5.41, 5.74) is 0. The molecule has 0 aliphatic heterocycles. The molecule has 0 N–H and O–H groups in total. The first-order chi connectivity index (χ1) is 1.00. The van der Waals surface area contributed by atoms with Crippen LogP contribution in [0.4, 0.5) is 0 Å². The SMILES string of the molecule is [Co].[Mo].[O]=[Ti]. The minimum atomic E-state index is 0. The zero-order valence-electron chi connectivity index (χ0n) is 1.65. The van der Waals surface area contributed by atoms with E-state index in [0.717, 1.165) is 20.4 Å². The first kappa shape index (κ1) is 17.3. The Labute approximate surface area is 61.1 Å². The molecular weight excluding hydrogens is 219 g/mol. The Hall–Kier alpha value is 1.71. The third kappa shape index (κ3) is 9.32. The number of rotatable bonds is 0. The van der Waals surface area contributed by atoms with Crippen molar-refractivity contribution < 1.29 is 61.6 Å². The van der Waals surface area contributed by atoms with Crippen LogP contribution in [-0.2, 0) is 61.6 Å². The van der Waals surface area contributed by atoms with Gasteiger partial charge in [0.05, 0.1) is 0 Å². The van der Waals surface area contributed by atoms with Crippen molar-refractivity contribution in [2.45, 2.75) is 0 Å². The Kier molecular flexibility index (Phi) is 95.6. The van der Waals surface area contributed by atoms with Gasteiger partial charge in [-0.05, 0) is 0 Å². The van der Waals surface area contributed by atoms with Gasteiger partial charge in [0.2, 0.25) is 0 Å². The van der Waals surface area contributed by atoms with Gasteiger partial charge in [-0.1, -0.05) is 0 Å². The predicted octanol–water partition coefficient (Wildman–Crippen LogP) is -0.126. The van der Waals surface area contributed by atoms with E-state index in [-0.39, 0.29) is 37.8 Å².